The fraction of sp³-hybridized carbons (Fsp3) is 0.882. The van der Waals surface area contributed by atoms with Crippen LogP contribution >= 0.6 is 0 Å². The standard InChI is InChI=1S/C17H29N3O/c1-10-5-6-12(9-10)15-19-16(21-20-15)13-7-8-14(18)11(2)17(13,3)4/h10-14H,5-9,18H2,1-4H3. The molecule has 0 bridgehead atoms. The second-order valence-corrected chi connectivity index (χ2v) is 8.01. The highest BCUT2D eigenvalue weighted by molar-refractivity contribution is 5.08. The van der Waals surface area contributed by atoms with Crippen LogP contribution in [0.5, 0.6) is 0 Å². The van der Waals surface area contributed by atoms with Crippen LogP contribution in [0.4, 0.5) is 0 Å². The predicted molar refractivity (Wildman–Crippen MR) is 82.9 cm³/mol. The van der Waals surface area contributed by atoms with Crippen LogP contribution in [0, 0.1) is 17.3 Å². The number of nitrogens with zero attached hydrogens (tertiary/aromatic N) is 2. The molecule has 0 aliphatic heterocycles. The number of aromatic nitrogens is 2. The number of hydrogen-bond acceptors (Lipinski definition) is 4. The molecule has 2 N–H and O–H groups in total. The first-order valence-electron chi connectivity index (χ1n) is 8.48. The van der Waals surface area contributed by atoms with Gasteiger partial charge in [0, 0.05) is 17.9 Å². The van der Waals surface area contributed by atoms with Gasteiger partial charge in [-0.1, -0.05) is 32.9 Å². The maximum Gasteiger partial charge on any atom is 0.230 e. The van der Waals surface area contributed by atoms with Crippen molar-refractivity contribution in [1.82, 2.24) is 10.1 Å². The smallest absolute Gasteiger partial charge is 0.230 e. The second kappa shape index (κ2) is 5.38. The van der Waals surface area contributed by atoms with Gasteiger partial charge in [-0.15, -0.1) is 0 Å². The van der Waals surface area contributed by atoms with Crippen LogP contribution in [0.15, 0.2) is 4.52 Å². The lowest BCUT2D eigenvalue weighted by atomic mass is 9.61. The molecule has 3 rings (SSSR count). The molecule has 4 heteroatoms. The molecule has 0 spiro atoms. The Kier molecular flexibility index (Phi) is 3.85. The molecule has 5 unspecified atom stereocenters. The van der Waals surface area contributed by atoms with Gasteiger partial charge in [0.1, 0.15) is 0 Å². The van der Waals surface area contributed by atoms with Gasteiger partial charge < -0.3 is 10.3 Å². The van der Waals surface area contributed by atoms with Gasteiger partial charge in [-0.2, -0.15) is 4.98 Å². The van der Waals surface area contributed by atoms with Crippen molar-refractivity contribution in [2.45, 2.75) is 77.7 Å². The predicted octanol–water partition coefficient (Wildman–Crippen LogP) is 3.84. The van der Waals surface area contributed by atoms with Crippen LogP contribution in [0.25, 0.3) is 0 Å². The fourth-order valence-corrected chi connectivity index (χ4v) is 4.29. The zero-order chi connectivity index (χ0) is 15.2. The Morgan fingerprint density at radius 2 is 1.90 bits per heavy atom. The van der Waals surface area contributed by atoms with Crippen molar-refractivity contribution < 1.29 is 4.52 Å². The topological polar surface area (TPSA) is 64.9 Å². The lowest BCUT2D eigenvalue weighted by Crippen LogP contribution is -2.45. The third kappa shape index (κ3) is 2.63. The molecule has 1 heterocycles. The van der Waals surface area contributed by atoms with E-state index >= 15 is 0 Å². The van der Waals surface area contributed by atoms with Crippen LogP contribution in [-0.2, 0) is 0 Å². The highest BCUT2D eigenvalue weighted by Crippen LogP contribution is 2.49. The lowest BCUT2D eigenvalue weighted by Gasteiger charge is -2.45. The van der Waals surface area contributed by atoms with E-state index in [1.807, 2.05) is 0 Å². The maximum atomic E-state index is 6.25. The molecular formula is C17H29N3O. The third-order valence-electron chi connectivity index (χ3n) is 6.32. The van der Waals surface area contributed by atoms with Crippen LogP contribution < -0.4 is 5.73 Å². The van der Waals surface area contributed by atoms with E-state index < -0.39 is 0 Å². The van der Waals surface area contributed by atoms with E-state index in [1.165, 1.54) is 19.3 Å². The minimum absolute atomic E-state index is 0.116. The van der Waals surface area contributed by atoms with Gasteiger partial charge in [-0.25, -0.2) is 0 Å². The van der Waals surface area contributed by atoms with Crippen molar-refractivity contribution in [3.05, 3.63) is 11.7 Å². The number of rotatable bonds is 2. The van der Waals surface area contributed by atoms with E-state index in [0.29, 0.717) is 17.8 Å². The summed E-state index contributed by atoms with van der Waals surface area (Å²) in [5, 5.41) is 4.30. The first-order valence-corrected chi connectivity index (χ1v) is 8.48. The molecule has 0 saturated heterocycles. The Hall–Kier alpha value is -0.900. The van der Waals surface area contributed by atoms with Crippen molar-refractivity contribution in [2.75, 3.05) is 0 Å². The summed E-state index contributed by atoms with van der Waals surface area (Å²) in [6, 6.07) is 0.286. The first-order chi connectivity index (χ1) is 9.89. The van der Waals surface area contributed by atoms with Crippen LogP contribution in [0.2, 0.25) is 0 Å². The van der Waals surface area contributed by atoms with Gasteiger partial charge in [0.05, 0.1) is 0 Å². The molecule has 4 nitrogen and oxygen atoms in total. The summed E-state index contributed by atoms with van der Waals surface area (Å²) in [5.74, 6) is 3.89. The van der Waals surface area contributed by atoms with E-state index in [-0.39, 0.29) is 11.5 Å². The van der Waals surface area contributed by atoms with Crippen molar-refractivity contribution in [3.63, 3.8) is 0 Å². The van der Waals surface area contributed by atoms with Crippen LogP contribution in [-0.4, -0.2) is 16.2 Å². The highest BCUT2D eigenvalue weighted by atomic mass is 16.5. The van der Waals surface area contributed by atoms with E-state index in [2.05, 4.69) is 32.9 Å². The van der Waals surface area contributed by atoms with Crippen LogP contribution in [0.1, 0.15) is 83.3 Å². The summed E-state index contributed by atoms with van der Waals surface area (Å²) in [6.07, 6.45) is 5.80. The largest absolute Gasteiger partial charge is 0.339 e. The lowest BCUT2D eigenvalue weighted by molar-refractivity contribution is 0.0806. The van der Waals surface area contributed by atoms with Gasteiger partial charge in [0.2, 0.25) is 5.89 Å². The van der Waals surface area contributed by atoms with E-state index in [1.54, 1.807) is 0 Å². The summed E-state index contributed by atoms with van der Waals surface area (Å²) >= 11 is 0. The molecule has 2 saturated carbocycles. The summed E-state index contributed by atoms with van der Waals surface area (Å²) in [7, 11) is 0. The third-order valence-corrected chi connectivity index (χ3v) is 6.32. The van der Waals surface area contributed by atoms with Crippen LogP contribution in [0.3, 0.4) is 0 Å². The summed E-state index contributed by atoms with van der Waals surface area (Å²) in [5.41, 5.74) is 6.36. The van der Waals surface area contributed by atoms with E-state index in [9.17, 15) is 0 Å². The Balaban J connectivity index is 1.79. The Morgan fingerprint density at radius 3 is 2.57 bits per heavy atom. The van der Waals surface area contributed by atoms with E-state index in [4.69, 9.17) is 15.2 Å². The number of nitrogens with two attached hydrogens (primary N) is 1. The van der Waals surface area contributed by atoms with Crippen molar-refractivity contribution >= 4 is 0 Å². The molecule has 2 aliphatic rings. The molecular weight excluding hydrogens is 262 g/mol. The minimum Gasteiger partial charge on any atom is -0.339 e. The molecule has 2 aliphatic carbocycles. The normalized spacial score (nSPS) is 39.6. The minimum atomic E-state index is 0.116. The molecule has 0 aromatic carbocycles. The van der Waals surface area contributed by atoms with Gasteiger partial charge in [-0.3, -0.25) is 0 Å². The SMILES string of the molecule is CC1CCC(c2noc(C3CCC(N)C(C)C3(C)C)n2)C1. The van der Waals surface area contributed by atoms with E-state index in [0.717, 1.165) is 30.5 Å². The Morgan fingerprint density at radius 1 is 1.14 bits per heavy atom. The molecule has 5 atom stereocenters. The van der Waals surface area contributed by atoms with Gasteiger partial charge in [0.15, 0.2) is 5.82 Å². The van der Waals surface area contributed by atoms with Gasteiger partial charge >= 0.3 is 0 Å². The molecule has 0 amide bonds. The molecule has 118 valence electrons. The van der Waals surface area contributed by atoms with Gasteiger partial charge in [-0.05, 0) is 49.4 Å². The zero-order valence-electron chi connectivity index (χ0n) is 13.8. The molecule has 2 fully saturated rings. The number of hydrogen-bond donors (Lipinski definition) is 1. The molecule has 1 aromatic heterocycles. The van der Waals surface area contributed by atoms with Gasteiger partial charge in [0.25, 0.3) is 0 Å². The molecule has 0 radical (unpaired) electrons. The fourth-order valence-electron chi connectivity index (χ4n) is 4.29. The van der Waals surface area contributed by atoms with Crippen molar-refractivity contribution in [3.8, 4) is 0 Å². The highest BCUT2D eigenvalue weighted by Gasteiger charge is 2.45. The average molecular weight is 291 g/mol. The van der Waals surface area contributed by atoms with Crippen molar-refractivity contribution in [2.24, 2.45) is 23.0 Å². The first kappa shape index (κ1) is 15.0. The zero-order valence-corrected chi connectivity index (χ0v) is 13.8. The summed E-state index contributed by atoms with van der Waals surface area (Å²) in [4.78, 5) is 4.79. The second-order valence-electron chi connectivity index (χ2n) is 8.01. The van der Waals surface area contributed by atoms with Crippen molar-refractivity contribution in [1.29, 1.82) is 0 Å². The molecule has 1 aromatic rings. The summed E-state index contributed by atoms with van der Waals surface area (Å²) < 4.78 is 5.67. The Labute approximate surface area is 127 Å². The molecule has 21 heavy (non-hydrogen) atoms. The summed E-state index contributed by atoms with van der Waals surface area (Å²) in [6.45, 7) is 9.16. The average Bonchev–Trinajstić information content (AvgIpc) is 3.05. The quantitative estimate of drug-likeness (QED) is 0.899. The maximum absolute atomic E-state index is 6.25. The monoisotopic (exact) mass is 291 g/mol. The Bertz CT molecular complexity index is 496.